The first-order valence-electron chi connectivity index (χ1n) is 12.7. The lowest BCUT2D eigenvalue weighted by Crippen LogP contribution is -2.38. The van der Waals surface area contributed by atoms with Gasteiger partial charge in [-0.2, -0.15) is 0 Å². The van der Waals surface area contributed by atoms with Gasteiger partial charge in [0.05, 0.1) is 0 Å². The second-order valence-corrected chi connectivity index (χ2v) is 9.59. The summed E-state index contributed by atoms with van der Waals surface area (Å²) >= 11 is 0. The molecule has 0 N–H and O–H groups in total. The molecule has 0 aliphatic carbocycles. The van der Waals surface area contributed by atoms with E-state index in [9.17, 15) is 4.79 Å². The van der Waals surface area contributed by atoms with Gasteiger partial charge in [-0.25, -0.2) is 0 Å². The lowest BCUT2D eigenvalue weighted by Gasteiger charge is -2.32. The molecule has 1 amide bonds. The summed E-state index contributed by atoms with van der Waals surface area (Å²) in [4.78, 5) is 20.0. The fourth-order valence-electron chi connectivity index (χ4n) is 4.89. The van der Waals surface area contributed by atoms with Gasteiger partial charge < -0.3 is 9.64 Å². The molecule has 4 heteroatoms. The number of carbonyl (C=O) groups is 1. The monoisotopic (exact) mass is 476 g/mol. The van der Waals surface area contributed by atoms with E-state index < -0.39 is 0 Å². The first-order chi connectivity index (χ1) is 17.6. The number of aromatic nitrogens is 1. The van der Waals surface area contributed by atoms with E-state index in [1.165, 1.54) is 16.7 Å². The number of nitrogens with zero attached hydrogens (tertiary/aromatic N) is 2. The van der Waals surface area contributed by atoms with E-state index >= 15 is 0 Å². The summed E-state index contributed by atoms with van der Waals surface area (Å²) in [7, 11) is 0. The fourth-order valence-corrected chi connectivity index (χ4v) is 4.89. The molecule has 5 rings (SSSR count). The summed E-state index contributed by atoms with van der Waals surface area (Å²) in [6.07, 6.45) is 3.84. The maximum atomic E-state index is 13.2. The summed E-state index contributed by atoms with van der Waals surface area (Å²) in [5, 5.41) is 0. The highest BCUT2D eigenvalue weighted by atomic mass is 16.5. The molecule has 4 aromatic rings. The van der Waals surface area contributed by atoms with Gasteiger partial charge in [-0.3, -0.25) is 9.78 Å². The number of benzene rings is 3. The average molecular weight is 477 g/mol. The van der Waals surface area contributed by atoms with Crippen molar-refractivity contribution in [3.05, 3.63) is 119 Å². The summed E-state index contributed by atoms with van der Waals surface area (Å²) in [5.41, 5.74) is 7.89. The maximum absolute atomic E-state index is 13.2. The molecule has 1 aliphatic rings. The Kier molecular flexibility index (Phi) is 7.13. The van der Waals surface area contributed by atoms with Crippen molar-refractivity contribution in [2.45, 2.75) is 39.2 Å². The topological polar surface area (TPSA) is 42.4 Å². The summed E-state index contributed by atoms with van der Waals surface area (Å²) in [6.45, 7) is 6.26. The minimum Gasteiger partial charge on any atom is -0.489 e. The first-order valence-corrected chi connectivity index (χ1v) is 12.7. The van der Waals surface area contributed by atoms with E-state index in [4.69, 9.17) is 9.72 Å². The molecule has 1 saturated heterocycles. The van der Waals surface area contributed by atoms with E-state index in [-0.39, 0.29) is 5.91 Å². The van der Waals surface area contributed by atoms with Crippen LogP contribution in [0.3, 0.4) is 0 Å². The third-order valence-electron chi connectivity index (χ3n) is 7.23. The fraction of sp³-hybridized carbons (Fsp3) is 0.250. The van der Waals surface area contributed by atoms with Crippen molar-refractivity contribution >= 4 is 5.91 Å². The van der Waals surface area contributed by atoms with Crippen LogP contribution in [0.4, 0.5) is 0 Å². The minimum atomic E-state index is 0.0665. The van der Waals surface area contributed by atoms with Crippen LogP contribution in [-0.4, -0.2) is 28.9 Å². The van der Waals surface area contributed by atoms with E-state index in [1.54, 1.807) is 0 Å². The first kappa shape index (κ1) is 23.8. The van der Waals surface area contributed by atoms with Crippen molar-refractivity contribution in [2.24, 2.45) is 0 Å². The van der Waals surface area contributed by atoms with Crippen LogP contribution in [0, 0.1) is 13.8 Å². The molecule has 4 nitrogen and oxygen atoms in total. The van der Waals surface area contributed by atoms with Crippen LogP contribution in [0.25, 0.3) is 11.1 Å². The van der Waals surface area contributed by atoms with Crippen molar-refractivity contribution in [1.29, 1.82) is 0 Å². The van der Waals surface area contributed by atoms with E-state index in [0.717, 1.165) is 42.8 Å². The van der Waals surface area contributed by atoms with E-state index in [0.29, 0.717) is 23.8 Å². The van der Waals surface area contributed by atoms with Crippen molar-refractivity contribution in [3.63, 3.8) is 0 Å². The number of amides is 1. The molecule has 0 bridgehead atoms. The standard InChI is InChI=1S/C32H32N2O2/c1-23-8-6-13-30(24(23)2)28-14-15-31(33-21-28)26-16-18-34(19-17-26)32(35)27-11-7-12-29(20-27)36-22-25-9-4-3-5-10-25/h3-15,20-21,26H,16-19,22H2,1-2H3. The molecule has 0 saturated carbocycles. The highest BCUT2D eigenvalue weighted by Crippen LogP contribution is 2.30. The molecular weight excluding hydrogens is 444 g/mol. The number of carbonyl (C=O) groups excluding carboxylic acids is 1. The van der Waals surface area contributed by atoms with Crippen molar-refractivity contribution in [3.8, 4) is 16.9 Å². The summed E-state index contributed by atoms with van der Waals surface area (Å²) in [5.74, 6) is 1.16. The second-order valence-electron chi connectivity index (χ2n) is 9.59. The Hall–Kier alpha value is -3.92. The number of piperidine rings is 1. The number of hydrogen-bond donors (Lipinski definition) is 0. The van der Waals surface area contributed by atoms with Gasteiger partial charge in [0.1, 0.15) is 12.4 Å². The second kappa shape index (κ2) is 10.8. The third kappa shape index (κ3) is 5.33. The van der Waals surface area contributed by atoms with Crippen LogP contribution in [0.1, 0.15) is 51.5 Å². The van der Waals surface area contributed by atoms with Gasteiger partial charge >= 0.3 is 0 Å². The quantitative estimate of drug-likeness (QED) is 0.302. The van der Waals surface area contributed by atoms with Gasteiger partial charge in [0.2, 0.25) is 0 Å². The zero-order chi connectivity index (χ0) is 24.9. The van der Waals surface area contributed by atoms with E-state index in [2.05, 4.69) is 44.2 Å². The Balaban J connectivity index is 1.19. The lowest BCUT2D eigenvalue weighted by molar-refractivity contribution is 0.0711. The Bertz CT molecular complexity index is 1320. The van der Waals surface area contributed by atoms with Crippen LogP contribution in [0.2, 0.25) is 0 Å². The predicted octanol–water partition coefficient (Wildman–Crippen LogP) is 6.96. The molecule has 3 aromatic carbocycles. The smallest absolute Gasteiger partial charge is 0.253 e. The normalized spacial score (nSPS) is 14.0. The molecular formula is C32H32N2O2. The summed E-state index contributed by atoms with van der Waals surface area (Å²) in [6, 6.07) is 28.3. The third-order valence-corrected chi connectivity index (χ3v) is 7.23. The number of likely N-dealkylation sites (tertiary alicyclic amines) is 1. The van der Waals surface area contributed by atoms with E-state index in [1.807, 2.05) is 65.7 Å². The lowest BCUT2D eigenvalue weighted by atomic mass is 9.91. The molecule has 1 fully saturated rings. The highest BCUT2D eigenvalue weighted by molar-refractivity contribution is 5.94. The van der Waals surface area contributed by atoms with Gasteiger partial charge in [-0.05, 0) is 73.2 Å². The van der Waals surface area contributed by atoms with Gasteiger partial charge in [-0.1, -0.05) is 60.7 Å². The molecule has 36 heavy (non-hydrogen) atoms. The van der Waals surface area contributed by atoms with Crippen molar-refractivity contribution in [1.82, 2.24) is 9.88 Å². The number of aryl methyl sites for hydroxylation is 1. The molecule has 0 atom stereocenters. The molecule has 0 radical (unpaired) electrons. The van der Waals surface area contributed by atoms with Gasteiger partial charge in [-0.15, -0.1) is 0 Å². The Morgan fingerprint density at radius 1 is 0.917 bits per heavy atom. The maximum Gasteiger partial charge on any atom is 0.253 e. The Labute approximate surface area is 213 Å². The predicted molar refractivity (Wildman–Crippen MR) is 144 cm³/mol. The molecule has 2 heterocycles. The number of hydrogen-bond acceptors (Lipinski definition) is 3. The van der Waals surface area contributed by atoms with Crippen LogP contribution in [0.15, 0.2) is 91.1 Å². The SMILES string of the molecule is Cc1cccc(-c2ccc(C3CCN(C(=O)c4cccc(OCc5ccccc5)c4)CC3)nc2)c1C. The van der Waals surface area contributed by atoms with Gasteiger partial charge in [0, 0.05) is 42.0 Å². The Morgan fingerprint density at radius 3 is 2.44 bits per heavy atom. The number of pyridine rings is 1. The largest absolute Gasteiger partial charge is 0.489 e. The minimum absolute atomic E-state index is 0.0665. The van der Waals surface area contributed by atoms with Crippen LogP contribution >= 0.6 is 0 Å². The van der Waals surface area contributed by atoms with Gasteiger partial charge in [0.25, 0.3) is 5.91 Å². The van der Waals surface area contributed by atoms with Crippen molar-refractivity contribution < 1.29 is 9.53 Å². The summed E-state index contributed by atoms with van der Waals surface area (Å²) < 4.78 is 5.92. The zero-order valence-electron chi connectivity index (χ0n) is 21.0. The van der Waals surface area contributed by atoms with Crippen molar-refractivity contribution in [2.75, 3.05) is 13.1 Å². The number of ether oxygens (including phenoxy) is 1. The molecule has 182 valence electrons. The average Bonchev–Trinajstić information content (AvgIpc) is 2.94. The zero-order valence-corrected chi connectivity index (χ0v) is 21.0. The highest BCUT2D eigenvalue weighted by Gasteiger charge is 2.25. The van der Waals surface area contributed by atoms with Gasteiger partial charge in [0.15, 0.2) is 0 Å². The molecule has 0 unspecified atom stereocenters. The van der Waals surface area contributed by atoms with Crippen LogP contribution in [-0.2, 0) is 6.61 Å². The molecule has 0 spiro atoms. The number of rotatable bonds is 6. The molecule has 1 aromatic heterocycles. The Morgan fingerprint density at radius 2 is 1.69 bits per heavy atom. The molecule has 1 aliphatic heterocycles. The van der Waals surface area contributed by atoms with Crippen LogP contribution in [0.5, 0.6) is 5.75 Å². The van der Waals surface area contributed by atoms with Crippen LogP contribution < -0.4 is 4.74 Å².